The predicted molar refractivity (Wildman–Crippen MR) is 196 cm³/mol. The maximum absolute atomic E-state index is 15.3. The van der Waals surface area contributed by atoms with Crippen LogP contribution in [0.2, 0.25) is 0 Å². The van der Waals surface area contributed by atoms with Crippen molar-refractivity contribution < 1.29 is 33.0 Å². The lowest BCUT2D eigenvalue weighted by Gasteiger charge is -2.29. The molecule has 1 atom stereocenters. The molecule has 1 aliphatic carbocycles. The van der Waals surface area contributed by atoms with E-state index in [2.05, 4.69) is 25.9 Å². The number of nitrogens with zero attached hydrogens (tertiary/aromatic N) is 3. The molecule has 1 fully saturated rings. The Hall–Kier alpha value is -5.26. The van der Waals surface area contributed by atoms with Gasteiger partial charge in [-0.2, -0.15) is 5.11 Å². The number of amides is 2. The first-order chi connectivity index (χ1) is 24.9. The molecule has 0 saturated heterocycles. The van der Waals surface area contributed by atoms with Crippen LogP contribution >= 0.6 is 0 Å². The summed E-state index contributed by atoms with van der Waals surface area (Å²) in [5.41, 5.74) is 2.27. The van der Waals surface area contributed by atoms with Crippen LogP contribution in [0.15, 0.2) is 82.0 Å². The van der Waals surface area contributed by atoms with E-state index < -0.39 is 29.4 Å². The number of Topliss-reactive ketones (excluding diaryl/α,β-unsaturated/α-hetero) is 1. The molecule has 0 aromatic heterocycles. The number of benzene rings is 3. The first kappa shape index (κ1) is 38.0. The first-order valence-corrected chi connectivity index (χ1v) is 17.8. The number of hydrogen-bond acceptors (Lipinski definition) is 9. The summed E-state index contributed by atoms with van der Waals surface area (Å²) in [5.74, 6) is -1.70. The quantitative estimate of drug-likeness (QED) is 0.172. The van der Waals surface area contributed by atoms with Gasteiger partial charge in [-0.25, -0.2) is 19.0 Å². The number of nitrogens with one attached hydrogen (secondary N) is 2. The average molecular weight is 712 g/mol. The molecule has 3 aromatic carbocycles. The van der Waals surface area contributed by atoms with Gasteiger partial charge in [0.05, 0.1) is 12.2 Å². The molecule has 2 amide bonds. The number of amidine groups is 1. The van der Waals surface area contributed by atoms with Gasteiger partial charge in [0, 0.05) is 41.6 Å². The monoisotopic (exact) mass is 711 g/mol. The number of rotatable bonds is 13. The van der Waals surface area contributed by atoms with Crippen LogP contribution in [0.4, 0.5) is 14.9 Å². The van der Waals surface area contributed by atoms with Crippen LogP contribution in [0.3, 0.4) is 0 Å². The minimum Gasteiger partial charge on any atom is -0.462 e. The molecule has 0 radical (unpaired) electrons. The Balaban J connectivity index is 1.26. The Morgan fingerprint density at radius 3 is 2.25 bits per heavy atom. The number of anilines is 1. The van der Waals surface area contributed by atoms with E-state index in [0.29, 0.717) is 43.1 Å². The lowest BCUT2D eigenvalue weighted by atomic mass is 9.77. The van der Waals surface area contributed by atoms with Gasteiger partial charge in [0.15, 0.2) is 12.5 Å². The minimum absolute atomic E-state index is 0.0353. The fraction of sp³-hybridized carbons (Fsp3) is 0.425. The van der Waals surface area contributed by atoms with Crippen LogP contribution in [-0.4, -0.2) is 55.0 Å². The van der Waals surface area contributed by atoms with Crippen molar-refractivity contribution >= 4 is 35.3 Å². The Labute approximate surface area is 303 Å². The standard InChI is InChI=1S/C40H46FN5O6/c1-5-51-38(49)33-8-6-7-32(35(33)41)27-13-9-25(10-14-27)21-30(37(48)45-31-19-17-29(18-20-31)36-43-24-44-46-36)22-34(47)28-15-11-26(12-16-28)23-42-39(50)52-40(2,3)4/h6-10,13-14,17-20,26,28,30H,5,11-12,15-16,21-24H2,1-4H3,(H,42,50)(H,45,48)/t26?,28?,30-/m1/s1. The van der Waals surface area contributed by atoms with E-state index in [1.54, 1.807) is 43.3 Å². The number of aliphatic imine (C=N–C) groups is 1. The molecule has 1 heterocycles. The van der Waals surface area contributed by atoms with Crippen molar-refractivity contribution in [2.45, 2.75) is 71.8 Å². The largest absolute Gasteiger partial charge is 0.462 e. The number of azo groups is 1. The van der Waals surface area contributed by atoms with Gasteiger partial charge < -0.3 is 20.1 Å². The van der Waals surface area contributed by atoms with Crippen LogP contribution in [-0.2, 0) is 25.5 Å². The summed E-state index contributed by atoms with van der Waals surface area (Å²) >= 11 is 0. The normalized spacial score (nSPS) is 17.5. The van der Waals surface area contributed by atoms with Gasteiger partial charge in [0.25, 0.3) is 0 Å². The number of carbonyl (C=O) groups excluding carboxylic acids is 4. The number of ether oxygens (including phenoxy) is 2. The Bertz CT molecular complexity index is 1810. The van der Waals surface area contributed by atoms with Crippen molar-refractivity contribution in [3.05, 3.63) is 89.2 Å². The summed E-state index contributed by atoms with van der Waals surface area (Å²) in [4.78, 5) is 56.1. The van der Waals surface area contributed by atoms with E-state index in [1.165, 1.54) is 6.07 Å². The molecule has 12 heteroatoms. The predicted octanol–water partition coefficient (Wildman–Crippen LogP) is 7.93. The summed E-state index contributed by atoms with van der Waals surface area (Å²) in [7, 11) is 0. The number of esters is 1. The molecule has 2 N–H and O–H groups in total. The fourth-order valence-corrected chi connectivity index (χ4v) is 6.45. The zero-order chi connectivity index (χ0) is 37.3. The smallest absolute Gasteiger partial charge is 0.407 e. The van der Waals surface area contributed by atoms with E-state index >= 15 is 4.39 Å². The summed E-state index contributed by atoms with van der Waals surface area (Å²) in [5, 5.41) is 13.7. The highest BCUT2D eigenvalue weighted by Crippen LogP contribution is 2.32. The van der Waals surface area contributed by atoms with Crippen molar-refractivity contribution in [1.82, 2.24) is 5.32 Å². The molecule has 1 aliphatic heterocycles. The van der Waals surface area contributed by atoms with Crippen molar-refractivity contribution in [2.75, 3.05) is 25.1 Å². The molecule has 0 unspecified atom stereocenters. The third-order valence-corrected chi connectivity index (χ3v) is 9.16. The van der Waals surface area contributed by atoms with E-state index in [-0.39, 0.29) is 54.1 Å². The fourth-order valence-electron chi connectivity index (χ4n) is 6.45. The van der Waals surface area contributed by atoms with Gasteiger partial charge >= 0.3 is 12.1 Å². The topological polar surface area (TPSA) is 148 Å². The maximum atomic E-state index is 15.3. The number of halogens is 1. The van der Waals surface area contributed by atoms with Gasteiger partial charge in [0.1, 0.15) is 17.2 Å². The highest BCUT2D eigenvalue weighted by molar-refractivity contribution is 6.01. The van der Waals surface area contributed by atoms with Gasteiger partial charge in [-0.1, -0.05) is 36.4 Å². The molecule has 2 aliphatic rings. The third-order valence-electron chi connectivity index (χ3n) is 9.16. The first-order valence-electron chi connectivity index (χ1n) is 17.8. The lowest BCUT2D eigenvalue weighted by Crippen LogP contribution is -2.37. The van der Waals surface area contributed by atoms with Crippen LogP contribution < -0.4 is 10.6 Å². The second kappa shape index (κ2) is 17.3. The van der Waals surface area contributed by atoms with Crippen LogP contribution in [0, 0.1) is 23.6 Å². The lowest BCUT2D eigenvalue weighted by molar-refractivity contribution is -0.129. The summed E-state index contributed by atoms with van der Waals surface area (Å²) in [6, 6.07) is 18.9. The van der Waals surface area contributed by atoms with Crippen molar-refractivity contribution in [3.8, 4) is 11.1 Å². The molecule has 11 nitrogen and oxygen atoms in total. The number of carbonyl (C=O) groups is 4. The van der Waals surface area contributed by atoms with Crippen molar-refractivity contribution in [1.29, 1.82) is 0 Å². The van der Waals surface area contributed by atoms with Crippen molar-refractivity contribution in [2.24, 2.45) is 33.0 Å². The third kappa shape index (κ3) is 10.4. The molecule has 3 aromatic rings. The van der Waals surface area contributed by atoms with Crippen molar-refractivity contribution in [3.63, 3.8) is 0 Å². The molecular formula is C40H46FN5O6. The molecule has 52 heavy (non-hydrogen) atoms. The maximum Gasteiger partial charge on any atom is 0.407 e. The average Bonchev–Trinajstić information content (AvgIpc) is 3.66. The van der Waals surface area contributed by atoms with E-state index in [1.807, 2.05) is 45.0 Å². The van der Waals surface area contributed by atoms with Crippen LogP contribution in [0.1, 0.15) is 81.3 Å². The highest BCUT2D eigenvalue weighted by atomic mass is 19.1. The summed E-state index contributed by atoms with van der Waals surface area (Å²) in [6.45, 7) is 8.03. The molecule has 274 valence electrons. The van der Waals surface area contributed by atoms with E-state index in [9.17, 15) is 19.2 Å². The van der Waals surface area contributed by atoms with Crippen LogP contribution in [0.5, 0.6) is 0 Å². The van der Waals surface area contributed by atoms with Gasteiger partial charge in [0.2, 0.25) is 5.91 Å². The summed E-state index contributed by atoms with van der Waals surface area (Å²) < 4.78 is 25.7. The van der Waals surface area contributed by atoms with Gasteiger partial charge in [-0.05, 0) is 107 Å². The number of ketones is 1. The number of hydrogen-bond donors (Lipinski definition) is 2. The second-order valence-corrected chi connectivity index (χ2v) is 14.2. The molecule has 0 bridgehead atoms. The molecule has 5 rings (SSSR count). The minimum atomic E-state index is -0.726. The molecule has 0 spiro atoms. The zero-order valence-electron chi connectivity index (χ0n) is 30.1. The zero-order valence-corrected chi connectivity index (χ0v) is 30.1. The SMILES string of the molecule is CCOC(=O)c1cccc(-c2ccc(C[C@H](CC(=O)C3CCC(CNC(=O)OC(C)(C)C)CC3)C(=O)Nc3ccc(C4=NCN=N4)cc3)cc2)c1F. The Morgan fingerprint density at radius 1 is 0.923 bits per heavy atom. The molecular weight excluding hydrogens is 665 g/mol. The summed E-state index contributed by atoms with van der Waals surface area (Å²) in [6.07, 6.45) is 2.84. The Kier molecular flexibility index (Phi) is 12.6. The van der Waals surface area contributed by atoms with Gasteiger partial charge in [-0.3, -0.25) is 9.59 Å². The molecule has 1 saturated carbocycles. The van der Waals surface area contributed by atoms with E-state index in [4.69, 9.17) is 9.47 Å². The second-order valence-electron chi connectivity index (χ2n) is 14.2. The van der Waals surface area contributed by atoms with Gasteiger partial charge in [-0.15, -0.1) is 5.11 Å². The number of alkyl carbamates (subject to hydrolysis) is 1. The van der Waals surface area contributed by atoms with E-state index in [0.717, 1.165) is 24.0 Å². The Morgan fingerprint density at radius 2 is 1.62 bits per heavy atom. The van der Waals surface area contributed by atoms with Crippen LogP contribution in [0.25, 0.3) is 11.1 Å². The highest BCUT2D eigenvalue weighted by Gasteiger charge is 2.31.